The van der Waals surface area contributed by atoms with E-state index in [9.17, 15) is 0 Å². The maximum Gasteiger partial charge on any atom is 0.191 e. The predicted octanol–water partition coefficient (Wildman–Crippen LogP) is 3.68. The Morgan fingerprint density at radius 2 is 1.91 bits per heavy atom. The molecule has 0 aliphatic rings. The molecule has 1 aromatic heterocycles. The van der Waals surface area contributed by atoms with E-state index in [-0.39, 0.29) is 24.0 Å². The first-order valence-corrected chi connectivity index (χ1v) is 8.49. The SMILES string of the molecule is CCNC(=NCc1ccccc1)NCCc1nc(C)c(C)s1.I. The summed E-state index contributed by atoms with van der Waals surface area (Å²) in [7, 11) is 0. The third-order valence-corrected chi connectivity index (χ3v) is 4.44. The zero-order valence-electron chi connectivity index (χ0n) is 13.9. The zero-order valence-corrected chi connectivity index (χ0v) is 17.1. The molecule has 0 fully saturated rings. The minimum absolute atomic E-state index is 0. The Labute approximate surface area is 159 Å². The number of hydrogen-bond donors (Lipinski definition) is 2. The lowest BCUT2D eigenvalue weighted by Crippen LogP contribution is -2.38. The van der Waals surface area contributed by atoms with Gasteiger partial charge in [-0.05, 0) is 26.3 Å². The van der Waals surface area contributed by atoms with Crippen molar-refractivity contribution in [3.63, 3.8) is 0 Å². The van der Waals surface area contributed by atoms with Crippen LogP contribution >= 0.6 is 35.3 Å². The van der Waals surface area contributed by atoms with E-state index in [0.717, 1.165) is 31.2 Å². The molecule has 0 aliphatic heterocycles. The van der Waals surface area contributed by atoms with Crippen LogP contribution in [0.15, 0.2) is 35.3 Å². The van der Waals surface area contributed by atoms with E-state index >= 15 is 0 Å². The van der Waals surface area contributed by atoms with Crippen LogP contribution in [0.25, 0.3) is 0 Å². The summed E-state index contributed by atoms with van der Waals surface area (Å²) >= 11 is 1.78. The molecule has 0 saturated carbocycles. The molecule has 2 N–H and O–H groups in total. The van der Waals surface area contributed by atoms with Gasteiger partial charge in [-0.3, -0.25) is 0 Å². The van der Waals surface area contributed by atoms with E-state index in [1.165, 1.54) is 15.4 Å². The summed E-state index contributed by atoms with van der Waals surface area (Å²) in [4.78, 5) is 10.5. The third-order valence-electron chi connectivity index (χ3n) is 3.31. The number of aromatic nitrogens is 1. The molecule has 0 radical (unpaired) electrons. The Balaban J connectivity index is 0.00000264. The van der Waals surface area contributed by atoms with E-state index in [2.05, 4.69) is 53.5 Å². The smallest absolute Gasteiger partial charge is 0.191 e. The summed E-state index contributed by atoms with van der Waals surface area (Å²) in [5.41, 5.74) is 2.36. The minimum Gasteiger partial charge on any atom is -0.357 e. The van der Waals surface area contributed by atoms with E-state index < -0.39 is 0 Å². The van der Waals surface area contributed by atoms with Gasteiger partial charge in [0.05, 0.1) is 17.2 Å². The van der Waals surface area contributed by atoms with Crippen molar-refractivity contribution in [2.24, 2.45) is 4.99 Å². The van der Waals surface area contributed by atoms with Crippen LogP contribution in [0, 0.1) is 13.8 Å². The van der Waals surface area contributed by atoms with Crippen LogP contribution in [-0.4, -0.2) is 24.0 Å². The first-order chi connectivity index (χ1) is 10.7. The molecule has 4 nitrogen and oxygen atoms in total. The highest BCUT2D eigenvalue weighted by atomic mass is 127. The minimum atomic E-state index is 0. The second kappa shape index (κ2) is 10.6. The number of aryl methyl sites for hydroxylation is 2. The average Bonchev–Trinajstić information content (AvgIpc) is 2.84. The fourth-order valence-corrected chi connectivity index (χ4v) is 2.96. The number of nitrogens with zero attached hydrogens (tertiary/aromatic N) is 2. The molecule has 2 aromatic rings. The highest BCUT2D eigenvalue weighted by Crippen LogP contribution is 2.16. The van der Waals surface area contributed by atoms with Crippen LogP contribution in [0.1, 0.15) is 28.1 Å². The lowest BCUT2D eigenvalue weighted by Gasteiger charge is -2.10. The Bertz CT molecular complexity index is 591. The van der Waals surface area contributed by atoms with Gasteiger partial charge in [0.1, 0.15) is 0 Å². The third kappa shape index (κ3) is 6.87. The average molecular weight is 444 g/mol. The highest BCUT2D eigenvalue weighted by molar-refractivity contribution is 14.0. The Morgan fingerprint density at radius 1 is 1.17 bits per heavy atom. The van der Waals surface area contributed by atoms with Crippen molar-refractivity contribution in [3.8, 4) is 0 Å². The molecule has 0 aliphatic carbocycles. The summed E-state index contributed by atoms with van der Waals surface area (Å²) < 4.78 is 0. The maximum absolute atomic E-state index is 4.62. The molecule has 126 valence electrons. The number of hydrogen-bond acceptors (Lipinski definition) is 3. The van der Waals surface area contributed by atoms with Crippen LogP contribution in [0.3, 0.4) is 0 Å². The van der Waals surface area contributed by atoms with Gasteiger partial charge in [-0.15, -0.1) is 35.3 Å². The maximum atomic E-state index is 4.62. The number of rotatable bonds is 6. The summed E-state index contributed by atoms with van der Waals surface area (Å²) in [6, 6.07) is 10.3. The number of benzene rings is 1. The highest BCUT2D eigenvalue weighted by Gasteiger charge is 2.04. The Kier molecular flexibility index (Phi) is 9.16. The number of guanidine groups is 1. The normalized spacial score (nSPS) is 11.0. The van der Waals surface area contributed by atoms with Crippen molar-refractivity contribution in [3.05, 3.63) is 51.5 Å². The summed E-state index contributed by atoms with van der Waals surface area (Å²) in [6.07, 6.45) is 0.926. The molecule has 0 atom stereocenters. The van der Waals surface area contributed by atoms with Crippen LogP contribution in [0.4, 0.5) is 0 Å². The molecule has 23 heavy (non-hydrogen) atoms. The second-order valence-electron chi connectivity index (χ2n) is 5.11. The molecule has 0 unspecified atom stereocenters. The monoisotopic (exact) mass is 444 g/mol. The van der Waals surface area contributed by atoms with Gasteiger partial charge in [0, 0.05) is 24.4 Å². The van der Waals surface area contributed by atoms with Crippen LogP contribution in [-0.2, 0) is 13.0 Å². The summed E-state index contributed by atoms with van der Waals surface area (Å²) in [5, 5.41) is 7.83. The topological polar surface area (TPSA) is 49.3 Å². The number of aliphatic imine (C=N–C) groups is 1. The zero-order chi connectivity index (χ0) is 15.8. The van der Waals surface area contributed by atoms with Gasteiger partial charge in [-0.1, -0.05) is 30.3 Å². The molecule has 0 amide bonds. The van der Waals surface area contributed by atoms with E-state index in [4.69, 9.17) is 0 Å². The van der Waals surface area contributed by atoms with Crippen molar-refractivity contribution < 1.29 is 0 Å². The van der Waals surface area contributed by atoms with Gasteiger partial charge in [0.25, 0.3) is 0 Å². The molecule has 6 heteroatoms. The van der Waals surface area contributed by atoms with Gasteiger partial charge in [-0.25, -0.2) is 9.98 Å². The molecule has 0 spiro atoms. The van der Waals surface area contributed by atoms with Crippen molar-refractivity contribution in [2.45, 2.75) is 33.7 Å². The van der Waals surface area contributed by atoms with Crippen molar-refractivity contribution in [2.75, 3.05) is 13.1 Å². The molecule has 0 saturated heterocycles. The fraction of sp³-hybridized carbons (Fsp3) is 0.412. The largest absolute Gasteiger partial charge is 0.357 e. The summed E-state index contributed by atoms with van der Waals surface area (Å²) in [5.74, 6) is 0.858. The van der Waals surface area contributed by atoms with Gasteiger partial charge in [0.2, 0.25) is 0 Å². The number of thiazole rings is 1. The van der Waals surface area contributed by atoms with Gasteiger partial charge in [0.15, 0.2) is 5.96 Å². The second-order valence-corrected chi connectivity index (χ2v) is 6.39. The molecular weight excluding hydrogens is 419 g/mol. The van der Waals surface area contributed by atoms with E-state index in [0.29, 0.717) is 6.54 Å². The number of nitrogens with one attached hydrogen (secondary N) is 2. The molecule has 2 rings (SSSR count). The molecule has 1 heterocycles. The van der Waals surface area contributed by atoms with E-state index in [1.807, 2.05) is 18.2 Å². The lowest BCUT2D eigenvalue weighted by molar-refractivity contribution is 0.795. The standard InChI is InChI=1S/C17H24N4S.HI/c1-4-18-17(20-12-15-8-6-5-7-9-15)19-11-10-16-21-13(2)14(3)22-16;/h5-9H,4,10-12H2,1-3H3,(H2,18,19,20);1H. The summed E-state index contributed by atoms with van der Waals surface area (Å²) in [6.45, 7) is 8.64. The first kappa shape index (κ1) is 19.9. The predicted molar refractivity (Wildman–Crippen MR) is 110 cm³/mol. The van der Waals surface area contributed by atoms with Crippen molar-refractivity contribution in [1.29, 1.82) is 0 Å². The first-order valence-electron chi connectivity index (χ1n) is 7.68. The molecular formula is C17H25IN4S. The van der Waals surface area contributed by atoms with Crippen molar-refractivity contribution >= 4 is 41.3 Å². The molecule has 0 bridgehead atoms. The van der Waals surface area contributed by atoms with Gasteiger partial charge < -0.3 is 10.6 Å². The fourth-order valence-electron chi connectivity index (χ4n) is 2.03. The van der Waals surface area contributed by atoms with Crippen LogP contribution < -0.4 is 10.6 Å². The van der Waals surface area contributed by atoms with Crippen LogP contribution in [0.2, 0.25) is 0 Å². The van der Waals surface area contributed by atoms with Gasteiger partial charge in [-0.2, -0.15) is 0 Å². The Morgan fingerprint density at radius 3 is 2.52 bits per heavy atom. The quantitative estimate of drug-likeness (QED) is 0.406. The van der Waals surface area contributed by atoms with Crippen LogP contribution in [0.5, 0.6) is 0 Å². The van der Waals surface area contributed by atoms with Crippen molar-refractivity contribution in [1.82, 2.24) is 15.6 Å². The van der Waals surface area contributed by atoms with E-state index in [1.54, 1.807) is 11.3 Å². The molecule has 1 aromatic carbocycles. The van der Waals surface area contributed by atoms with Gasteiger partial charge >= 0.3 is 0 Å². The lowest BCUT2D eigenvalue weighted by atomic mass is 10.2. The Hall–Kier alpha value is -1.15. The number of halogens is 1.